The molecule has 3 N–H and O–H groups in total. The van der Waals surface area contributed by atoms with Crippen molar-refractivity contribution in [3.8, 4) is 0 Å². The van der Waals surface area contributed by atoms with Crippen molar-refractivity contribution >= 4 is 40.8 Å². The molecule has 0 aliphatic carbocycles. The molecule has 27 heavy (non-hydrogen) atoms. The van der Waals surface area contributed by atoms with Gasteiger partial charge in [0.1, 0.15) is 12.7 Å². The highest BCUT2D eigenvalue weighted by atomic mass is 32.2. The van der Waals surface area contributed by atoms with Crippen LogP contribution < -0.4 is 5.73 Å². The van der Waals surface area contributed by atoms with Crippen LogP contribution >= 0.6 is 11.8 Å². The van der Waals surface area contributed by atoms with E-state index in [2.05, 4.69) is 4.74 Å². The van der Waals surface area contributed by atoms with Crippen molar-refractivity contribution in [1.82, 2.24) is 0 Å². The third-order valence-corrected chi connectivity index (χ3v) is 3.57. The van der Waals surface area contributed by atoms with Crippen LogP contribution in [-0.2, 0) is 42.9 Å². The van der Waals surface area contributed by atoms with E-state index in [1.165, 1.54) is 0 Å². The van der Waals surface area contributed by atoms with Gasteiger partial charge in [-0.05, 0) is 0 Å². The zero-order valence-corrected chi connectivity index (χ0v) is 15.8. The van der Waals surface area contributed by atoms with Crippen LogP contribution in [0.25, 0.3) is 0 Å². The highest BCUT2D eigenvalue weighted by molar-refractivity contribution is 8.14. The van der Waals surface area contributed by atoms with Crippen LogP contribution in [0.3, 0.4) is 0 Å². The zero-order valence-electron chi connectivity index (χ0n) is 18.0. The summed E-state index contributed by atoms with van der Waals surface area (Å²) in [6.45, 7) is 0.844. The lowest BCUT2D eigenvalue weighted by Crippen LogP contribution is -2.61. The number of thioether (sulfide) groups is 1. The molecule has 1 aliphatic heterocycles. The van der Waals surface area contributed by atoms with Crippen molar-refractivity contribution in [3.05, 3.63) is 0 Å². The molecule has 0 spiro atoms. The number of carbonyl (C=O) groups is 4. The van der Waals surface area contributed by atoms with Crippen LogP contribution in [0.2, 0.25) is 0 Å². The fraction of sp³-hybridized carbons (Fsp3) is 0.667. The van der Waals surface area contributed by atoms with Crippen LogP contribution in [0.4, 0.5) is 0 Å². The van der Waals surface area contributed by atoms with Crippen molar-refractivity contribution in [2.75, 3.05) is 6.56 Å². The van der Waals surface area contributed by atoms with E-state index in [0.717, 1.165) is 27.7 Å². The van der Waals surface area contributed by atoms with Crippen LogP contribution in [0.1, 0.15) is 31.8 Å². The molecule has 0 radical (unpaired) electrons. The highest BCUT2D eigenvalue weighted by Crippen LogP contribution is 2.34. The summed E-state index contributed by atoms with van der Waals surface area (Å²) in [7, 11) is 0. The van der Waals surface area contributed by atoms with Crippen molar-refractivity contribution in [3.63, 3.8) is 0 Å². The summed E-state index contributed by atoms with van der Waals surface area (Å²) in [6.07, 6.45) is -7.38. The second kappa shape index (κ2) is 10.1. The largest absolute Gasteiger partial charge is 0.463 e. The maximum atomic E-state index is 11.7. The second-order valence-corrected chi connectivity index (χ2v) is 6.26. The Morgan fingerprint density at radius 1 is 1.00 bits per heavy atom. The van der Waals surface area contributed by atoms with Crippen LogP contribution in [0, 0.1) is 5.41 Å². The Bertz CT molecular complexity index is 738. The SMILES string of the molecule is [2H]C([2H])(OC(C)=O)[C@H]1O[C@@]([2H])(SC(=N)N)[C@H](OC(C)=O)[C@@H](OC(C)=O)[C@@H]1OC(C)=O. The fourth-order valence-corrected chi connectivity index (χ4v) is 2.76. The van der Waals surface area contributed by atoms with E-state index in [1.54, 1.807) is 0 Å². The Kier molecular flexibility index (Phi) is 6.76. The molecule has 0 unspecified atom stereocenters. The predicted molar refractivity (Wildman–Crippen MR) is 91.5 cm³/mol. The summed E-state index contributed by atoms with van der Waals surface area (Å²) in [5.41, 5.74) is 2.80. The predicted octanol–water partition coefficient (Wildman–Crippen LogP) is -0.304. The van der Waals surface area contributed by atoms with Gasteiger partial charge in [-0.25, -0.2) is 0 Å². The normalized spacial score (nSPS) is 32.1. The van der Waals surface area contributed by atoms with E-state index >= 15 is 0 Å². The van der Waals surface area contributed by atoms with Gasteiger partial charge < -0.3 is 29.4 Å². The van der Waals surface area contributed by atoms with Crippen LogP contribution in [0.15, 0.2) is 0 Å². The van der Waals surface area contributed by atoms with Gasteiger partial charge in [0.15, 0.2) is 28.9 Å². The Hall–Kier alpha value is -2.34. The first-order valence-electron chi connectivity index (χ1n) is 9.01. The molecule has 0 saturated carbocycles. The first-order valence-corrected chi connectivity index (χ1v) is 8.32. The minimum Gasteiger partial charge on any atom is -0.463 e. The zero-order chi connectivity index (χ0) is 23.4. The average molecular weight is 409 g/mol. The molecule has 0 bridgehead atoms. The maximum absolute atomic E-state index is 11.7. The summed E-state index contributed by atoms with van der Waals surface area (Å²) in [5.74, 6) is -3.91. The molecule has 0 amide bonds. The number of hydrogen-bond donors (Lipinski definition) is 2. The lowest BCUT2D eigenvalue weighted by molar-refractivity contribution is -0.237. The first-order chi connectivity index (χ1) is 13.6. The molecule has 0 aromatic rings. The molecule has 152 valence electrons. The fourth-order valence-electron chi connectivity index (χ4n) is 2.10. The van der Waals surface area contributed by atoms with Gasteiger partial charge in [0.2, 0.25) is 0 Å². The maximum Gasteiger partial charge on any atom is 0.303 e. The van der Waals surface area contributed by atoms with E-state index in [-0.39, 0.29) is 11.8 Å². The summed E-state index contributed by atoms with van der Waals surface area (Å²) < 4.78 is 49.9. The quantitative estimate of drug-likeness (QED) is 0.256. The minimum atomic E-state index is -2.99. The molecule has 1 aliphatic rings. The van der Waals surface area contributed by atoms with E-state index in [4.69, 9.17) is 34.2 Å². The molecule has 0 aromatic heterocycles. The first kappa shape index (κ1) is 18.0. The third-order valence-electron chi connectivity index (χ3n) is 2.82. The van der Waals surface area contributed by atoms with Gasteiger partial charge in [-0.3, -0.25) is 24.6 Å². The van der Waals surface area contributed by atoms with Crippen molar-refractivity contribution < 1.29 is 47.0 Å². The standard InChI is InChI=1S/C15H22N2O9S/c1-6(18)22-5-10-11(23-7(2)19)12(24-8(3)20)13(25-9(4)21)14(26-10)27-15(16)17/h10-14H,5H2,1-4H3,(H3,16,17)/t10-,11-,12+,13-,14+/m1/s1/i5D2,14D. The molecule has 1 saturated heterocycles. The van der Waals surface area contributed by atoms with Gasteiger partial charge in [0.25, 0.3) is 0 Å². The van der Waals surface area contributed by atoms with Gasteiger partial charge >= 0.3 is 23.9 Å². The molecule has 12 heteroatoms. The topological polar surface area (TPSA) is 164 Å². The average Bonchev–Trinajstić information content (AvgIpc) is 2.50. The Balaban J connectivity index is 3.65. The number of hydrogen-bond acceptors (Lipinski definition) is 11. The molecule has 11 nitrogen and oxygen atoms in total. The summed E-state index contributed by atoms with van der Waals surface area (Å²) >= 11 is 0.208. The van der Waals surface area contributed by atoms with E-state index in [9.17, 15) is 19.2 Å². The summed E-state index contributed by atoms with van der Waals surface area (Å²) in [4.78, 5) is 46.3. The summed E-state index contributed by atoms with van der Waals surface area (Å²) in [6, 6.07) is 0. The van der Waals surface area contributed by atoms with Crippen molar-refractivity contribution in [2.24, 2.45) is 5.73 Å². The molecule has 5 atom stereocenters. The molecular formula is C15H22N2O9S. The Morgan fingerprint density at radius 2 is 1.48 bits per heavy atom. The molecular weight excluding hydrogens is 384 g/mol. The van der Waals surface area contributed by atoms with E-state index in [0.29, 0.717) is 0 Å². The Labute approximate surface area is 163 Å². The second-order valence-electron chi connectivity index (χ2n) is 5.21. The molecule has 1 fully saturated rings. The van der Waals surface area contributed by atoms with Gasteiger partial charge in [-0.15, -0.1) is 0 Å². The van der Waals surface area contributed by atoms with Gasteiger partial charge in [0.05, 0.1) is 4.11 Å². The van der Waals surface area contributed by atoms with Crippen LogP contribution in [-0.4, -0.2) is 65.4 Å². The lowest BCUT2D eigenvalue weighted by atomic mass is 9.99. The van der Waals surface area contributed by atoms with E-state index in [1.807, 2.05) is 0 Å². The number of amidine groups is 1. The van der Waals surface area contributed by atoms with Gasteiger partial charge in [-0.2, -0.15) is 0 Å². The monoisotopic (exact) mass is 409 g/mol. The number of nitrogens with one attached hydrogen (secondary N) is 1. The molecule has 1 heterocycles. The van der Waals surface area contributed by atoms with Crippen molar-refractivity contribution in [1.29, 1.82) is 5.41 Å². The minimum absolute atomic E-state index is 0.208. The smallest absolute Gasteiger partial charge is 0.303 e. The summed E-state index contributed by atoms with van der Waals surface area (Å²) in [5, 5.41) is 6.78. The number of carbonyl (C=O) groups excluding carboxylic acids is 4. The number of rotatable bonds is 6. The van der Waals surface area contributed by atoms with Gasteiger partial charge in [-0.1, -0.05) is 11.8 Å². The van der Waals surface area contributed by atoms with Crippen molar-refractivity contribution in [2.45, 2.75) is 57.5 Å². The van der Waals surface area contributed by atoms with E-state index < -0.39 is 65.4 Å². The Morgan fingerprint density at radius 3 is 1.93 bits per heavy atom. The van der Waals surface area contributed by atoms with Crippen LogP contribution in [0.5, 0.6) is 0 Å². The number of esters is 4. The third kappa shape index (κ3) is 7.43. The highest BCUT2D eigenvalue weighted by Gasteiger charge is 2.52. The molecule has 0 aromatic carbocycles. The number of nitrogens with two attached hydrogens (primary N) is 1. The lowest BCUT2D eigenvalue weighted by Gasteiger charge is -2.43. The van der Waals surface area contributed by atoms with Gasteiger partial charge in [0, 0.05) is 27.7 Å². The molecule has 1 rings (SSSR count). The number of ether oxygens (including phenoxy) is 5.